The average molecular weight is 367 g/mol. The molecule has 0 aliphatic carbocycles. The summed E-state index contributed by atoms with van der Waals surface area (Å²) in [4.78, 5) is 8.09. The van der Waals surface area contributed by atoms with Gasteiger partial charge in [-0.05, 0) is 81.0 Å². The molecule has 6 nitrogen and oxygen atoms in total. The molecule has 0 aromatic heterocycles. The summed E-state index contributed by atoms with van der Waals surface area (Å²) in [6, 6.07) is 6.52. The molecule has 2 heterocycles. The molecule has 0 radical (unpaired) electrons. The maximum absolute atomic E-state index is 8.80. The molecule has 0 atom stereocenters. The van der Waals surface area contributed by atoms with Gasteiger partial charge in [0.15, 0.2) is 0 Å². The number of ether oxygens (including phenoxy) is 1. The van der Waals surface area contributed by atoms with E-state index in [1.54, 1.807) is 0 Å². The summed E-state index contributed by atoms with van der Waals surface area (Å²) in [5.41, 5.74) is 10.4. The number of nitrogens with zero attached hydrogens (tertiary/aromatic N) is 5. The van der Waals surface area contributed by atoms with Crippen molar-refractivity contribution < 1.29 is 4.74 Å². The van der Waals surface area contributed by atoms with E-state index in [-0.39, 0.29) is 6.61 Å². The third kappa shape index (κ3) is 5.40. The Balaban J connectivity index is 1.54. The van der Waals surface area contributed by atoms with Gasteiger partial charge in [-0.25, -0.2) is 0 Å². The topological polar surface area (TPSA) is 64.5 Å². The average Bonchev–Trinajstić information content (AvgIpc) is 2.69. The smallest absolute Gasteiger partial charge is 0.148 e. The molecule has 0 saturated carbocycles. The number of likely N-dealkylation sites (tertiary alicyclic amines) is 2. The third-order valence-corrected chi connectivity index (χ3v) is 5.78. The van der Waals surface area contributed by atoms with Gasteiger partial charge in [0.1, 0.15) is 12.4 Å². The summed E-state index contributed by atoms with van der Waals surface area (Å²) in [7, 11) is 0. The van der Waals surface area contributed by atoms with Crippen LogP contribution >= 0.6 is 0 Å². The van der Waals surface area contributed by atoms with Crippen LogP contribution in [-0.2, 0) is 6.54 Å². The zero-order valence-corrected chi connectivity index (χ0v) is 16.2. The van der Waals surface area contributed by atoms with Gasteiger partial charge >= 0.3 is 0 Å². The minimum Gasteiger partial charge on any atom is -0.480 e. The first-order valence-corrected chi connectivity index (χ1v) is 9.90. The fraction of sp³-hybridized carbons (Fsp3) is 0.619. The van der Waals surface area contributed by atoms with Crippen molar-refractivity contribution in [3.63, 3.8) is 0 Å². The Kier molecular flexibility index (Phi) is 7.00. The van der Waals surface area contributed by atoms with Crippen LogP contribution in [0.15, 0.2) is 23.3 Å². The SMILES string of the molecule is C#CCOc1ccc(CN2CCC(N3CCC(C)CC3)CC2)cc1N=[N+]=[N-]. The van der Waals surface area contributed by atoms with Gasteiger partial charge in [0, 0.05) is 17.5 Å². The minimum absolute atomic E-state index is 0.163. The van der Waals surface area contributed by atoms with E-state index in [9.17, 15) is 0 Å². The van der Waals surface area contributed by atoms with E-state index in [0.717, 1.165) is 37.2 Å². The predicted molar refractivity (Wildman–Crippen MR) is 108 cm³/mol. The lowest BCUT2D eigenvalue weighted by molar-refractivity contribution is 0.0779. The fourth-order valence-corrected chi connectivity index (χ4v) is 4.12. The van der Waals surface area contributed by atoms with E-state index in [2.05, 4.69) is 32.7 Å². The van der Waals surface area contributed by atoms with Crippen LogP contribution in [0.1, 0.15) is 38.2 Å². The lowest BCUT2D eigenvalue weighted by Gasteiger charge is -2.41. The van der Waals surface area contributed by atoms with Crippen molar-refractivity contribution in [2.75, 3.05) is 32.8 Å². The van der Waals surface area contributed by atoms with Gasteiger partial charge in [-0.2, -0.15) is 0 Å². The summed E-state index contributed by atoms with van der Waals surface area (Å²) >= 11 is 0. The van der Waals surface area contributed by atoms with E-state index in [0.29, 0.717) is 11.4 Å². The molecule has 27 heavy (non-hydrogen) atoms. The van der Waals surface area contributed by atoms with Crippen LogP contribution in [0.4, 0.5) is 5.69 Å². The summed E-state index contributed by atoms with van der Waals surface area (Å²) in [5, 5.41) is 3.75. The molecule has 144 valence electrons. The second-order valence-corrected chi connectivity index (χ2v) is 7.71. The Morgan fingerprint density at radius 1 is 1.22 bits per heavy atom. The van der Waals surface area contributed by atoms with Gasteiger partial charge in [-0.15, -0.1) is 6.42 Å². The van der Waals surface area contributed by atoms with E-state index >= 15 is 0 Å². The first-order valence-electron chi connectivity index (χ1n) is 9.90. The molecule has 6 heteroatoms. The van der Waals surface area contributed by atoms with E-state index in [1.807, 2.05) is 18.2 Å². The highest BCUT2D eigenvalue weighted by molar-refractivity contribution is 5.53. The minimum atomic E-state index is 0.163. The Morgan fingerprint density at radius 3 is 2.63 bits per heavy atom. The molecule has 0 N–H and O–H groups in total. The first kappa shape index (κ1) is 19.6. The Morgan fingerprint density at radius 2 is 1.96 bits per heavy atom. The van der Waals surface area contributed by atoms with Crippen molar-refractivity contribution in [1.29, 1.82) is 0 Å². The van der Waals surface area contributed by atoms with Gasteiger partial charge in [0.2, 0.25) is 0 Å². The molecule has 1 aromatic rings. The van der Waals surface area contributed by atoms with Gasteiger partial charge in [-0.3, -0.25) is 4.90 Å². The first-order chi connectivity index (χ1) is 13.2. The van der Waals surface area contributed by atoms with Crippen LogP contribution in [-0.4, -0.2) is 48.6 Å². The maximum atomic E-state index is 8.80. The highest BCUT2D eigenvalue weighted by Crippen LogP contribution is 2.30. The monoisotopic (exact) mass is 367 g/mol. The van der Waals surface area contributed by atoms with Crippen molar-refractivity contribution in [2.45, 2.75) is 45.2 Å². The summed E-state index contributed by atoms with van der Waals surface area (Å²) < 4.78 is 5.45. The zero-order chi connectivity index (χ0) is 19.1. The van der Waals surface area contributed by atoms with Crippen molar-refractivity contribution in [3.05, 3.63) is 34.2 Å². The van der Waals surface area contributed by atoms with Crippen molar-refractivity contribution in [1.82, 2.24) is 9.80 Å². The molecule has 3 rings (SSSR count). The Hall–Kier alpha value is -2.19. The van der Waals surface area contributed by atoms with Crippen molar-refractivity contribution in [3.8, 4) is 18.1 Å². The van der Waals surface area contributed by atoms with Gasteiger partial charge in [-0.1, -0.05) is 24.0 Å². The quantitative estimate of drug-likeness (QED) is 0.325. The molecule has 0 bridgehead atoms. The number of azide groups is 1. The van der Waals surface area contributed by atoms with Crippen molar-refractivity contribution >= 4 is 5.69 Å². The lowest BCUT2D eigenvalue weighted by atomic mass is 9.95. The highest BCUT2D eigenvalue weighted by atomic mass is 16.5. The molecule has 1 aromatic carbocycles. The number of hydrogen-bond acceptors (Lipinski definition) is 4. The van der Waals surface area contributed by atoms with E-state index in [4.69, 9.17) is 16.7 Å². The molecular weight excluding hydrogens is 338 g/mol. The van der Waals surface area contributed by atoms with Crippen LogP contribution in [0, 0.1) is 18.3 Å². The predicted octanol–water partition coefficient (Wildman–Crippen LogP) is 4.34. The van der Waals surface area contributed by atoms with Gasteiger partial charge < -0.3 is 9.64 Å². The van der Waals surface area contributed by atoms with Crippen LogP contribution < -0.4 is 4.74 Å². The molecule has 2 saturated heterocycles. The standard InChI is InChI=1S/C21H29N5O/c1-3-14-27-21-5-4-18(15-20(21)23-24-22)16-25-10-8-19(9-11-25)26-12-6-17(2)7-13-26/h1,4-5,15,17,19H,6-14,16H2,2H3. The Labute approximate surface area is 162 Å². The summed E-state index contributed by atoms with van der Waals surface area (Å²) in [5.74, 6) is 3.85. The normalized spacial score (nSPS) is 20.0. The number of benzene rings is 1. The zero-order valence-electron chi connectivity index (χ0n) is 16.2. The molecule has 0 unspecified atom stereocenters. The molecule has 0 spiro atoms. The third-order valence-electron chi connectivity index (χ3n) is 5.78. The van der Waals surface area contributed by atoms with Gasteiger partial charge in [0.25, 0.3) is 0 Å². The Bertz CT molecular complexity index is 706. The van der Waals surface area contributed by atoms with Crippen LogP contribution in [0.3, 0.4) is 0 Å². The van der Waals surface area contributed by atoms with Crippen LogP contribution in [0.5, 0.6) is 5.75 Å². The maximum Gasteiger partial charge on any atom is 0.148 e. The number of piperidine rings is 2. The van der Waals surface area contributed by atoms with Crippen LogP contribution in [0.25, 0.3) is 10.4 Å². The fourth-order valence-electron chi connectivity index (χ4n) is 4.12. The summed E-state index contributed by atoms with van der Waals surface area (Å²) in [6.45, 7) is 8.16. The van der Waals surface area contributed by atoms with E-state index in [1.165, 1.54) is 38.8 Å². The van der Waals surface area contributed by atoms with E-state index < -0.39 is 0 Å². The number of hydrogen-bond donors (Lipinski definition) is 0. The van der Waals surface area contributed by atoms with Crippen LogP contribution in [0.2, 0.25) is 0 Å². The molecule has 2 aliphatic rings. The largest absolute Gasteiger partial charge is 0.480 e. The second-order valence-electron chi connectivity index (χ2n) is 7.71. The highest BCUT2D eigenvalue weighted by Gasteiger charge is 2.27. The van der Waals surface area contributed by atoms with Gasteiger partial charge in [0.05, 0.1) is 5.69 Å². The van der Waals surface area contributed by atoms with Crippen molar-refractivity contribution in [2.24, 2.45) is 11.0 Å². The lowest BCUT2D eigenvalue weighted by Crippen LogP contribution is -2.47. The number of terminal acetylenes is 1. The molecule has 0 amide bonds. The molecule has 2 fully saturated rings. The molecular formula is C21H29N5O. The molecule has 2 aliphatic heterocycles. The number of rotatable bonds is 6. The second kappa shape index (κ2) is 9.66. The summed E-state index contributed by atoms with van der Waals surface area (Å²) in [6.07, 6.45) is 10.4.